The first kappa shape index (κ1) is 11.8. The summed E-state index contributed by atoms with van der Waals surface area (Å²) < 4.78 is 0.960. The van der Waals surface area contributed by atoms with Gasteiger partial charge < -0.3 is 0 Å². The van der Waals surface area contributed by atoms with Crippen molar-refractivity contribution in [3.63, 3.8) is 0 Å². The molecule has 1 N–H and O–H groups in total. The molecule has 0 heterocycles. The number of rotatable bonds is 4. The molecule has 1 saturated carbocycles. The van der Waals surface area contributed by atoms with Gasteiger partial charge in [-0.25, -0.2) is 0 Å². The van der Waals surface area contributed by atoms with E-state index in [9.17, 15) is 4.79 Å². The lowest BCUT2D eigenvalue weighted by molar-refractivity contribution is -0.113. The minimum Gasteiger partial charge on any atom is -0.291 e. The molecular formula is C12H10BrN3O. The number of benzene rings is 1. The summed E-state index contributed by atoms with van der Waals surface area (Å²) in [6.07, 6.45) is 1.75. The predicted octanol–water partition coefficient (Wildman–Crippen LogP) is 2.72. The van der Waals surface area contributed by atoms with Gasteiger partial charge in [0.2, 0.25) is 5.71 Å². The fourth-order valence-corrected chi connectivity index (χ4v) is 1.58. The molecule has 0 aliphatic heterocycles. The van der Waals surface area contributed by atoms with Crippen LogP contribution in [0.4, 0.5) is 5.69 Å². The standard InChI is InChI=1S/C12H10BrN3O/c13-9-3-5-10(6-4-9)15-16-11(7-14)12(17)8-1-2-8/h3-6,8,15H,1-2H2. The summed E-state index contributed by atoms with van der Waals surface area (Å²) in [7, 11) is 0. The van der Waals surface area contributed by atoms with Crippen molar-refractivity contribution in [2.45, 2.75) is 12.8 Å². The molecule has 5 heteroatoms. The molecule has 0 radical (unpaired) electrons. The smallest absolute Gasteiger partial charge is 0.203 e. The number of hydrogen-bond donors (Lipinski definition) is 1. The van der Waals surface area contributed by atoms with Crippen molar-refractivity contribution in [3.8, 4) is 6.07 Å². The molecule has 0 unspecified atom stereocenters. The zero-order valence-corrected chi connectivity index (χ0v) is 10.6. The van der Waals surface area contributed by atoms with Crippen LogP contribution in [0.2, 0.25) is 0 Å². The maximum atomic E-state index is 11.6. The van der Waals surface area contributed by atoms with E-state index in [-0.39, 0.29) is 17.4 Å². The Morgan fingerprint density at radius 2 is 2.06 bits per heavy atom. The molecular weight excluding hydrogens is 282 g/mol. The van der Waals surface area contributed by atoms with E-state index in [1.807, 2.05) is 30.3 Å². The zero-order valence-electron chi connectivity index (χ0n) is 8.98. The molecule has 2 rings (SSSR count). The van der Waals surface area contributed by atoms with E-state index in [2.05, 4.69) is 26.5 Å². The van der Waals surface area contributed by atoms with Gasteiger partial charge in [0.25, 0.3) is 0 Å². The van der Waals surface area contributed by atoms with Crippen molar-refractivity contribution in [3.05, 3.63) is 28.7 Å². The van der Waals surface area contributed by atoms with Crippen molar-refractivity contribution >= 4 is 33.1 Å². The van der Waals surface area contributed by atoms with Gasteiger partial charge in [-0.1, -0.05) is 15.9 Å². The number of hydrazone groups is 1. The molecule has 86 valence electrons. The van der Waals surface area contributed by atoms with Crippen LogP contribution < -0.4 is 5.43 Å². The molecule has 0 spiro atoms. The van der Waals surface area contributed by atoms with E-state index in [4.69, 9.17) is 5.26 Å². The highest BCUT2D eigenvalue weighted by atomic mass is 79.9. The summed E-state index contributed by atoms with van der Waals surface area (Å²) in [5.74, 6) is -0.141. The maximum Gasteiger partial charge on any atom is 0.203 e. The van der Waals surface area contributed by atoms with E-state index >= 15 is 0 Å². The average molecular weight is 292 g/mol. The van der Waals surface area contributed by atoms with Gasteiger partial charge in [-0.05, 0) is 37.1 Å². The van der Waals surface area contributed by atoms with Crippen LogP contribution >= 0.6 is 15.9 Å². The highest BCUT2D eigenvalue weighted by molar-refractivity contribution is 9.10. The number of nitrogens with one attached hydrogen (secondary N) is 1. The maximum absolute atomic E-state index is 11.6. The molecule has 4 nitrogen and oxygen atoms in total. The number of hydrogen-bond acceptors (Lipinski definition) is 4. The van der Waals surface area contributed by atoms with Gasteiger partial charge in [-0.15, -0.1) is 0 Å². The van der Waals surface area contributed by atoms with Gasteiger partial charge in [0, 0.05) is 10.4 Å². The number of carbonyl (C=O) groups is 1. The number of anilines is 1. The lowest BCUT2D eigenvalue weighted by Gasteiger charge is -2.00. The number of nitrogens with zero attached hydrogens (tertiary/aromatic N) is 2. The molecule has 0 bridgehead atoms. The summed E-state index contributed by atoms with van der Waals surface area (Å²) in [5, 5.41) is 12.7. The van der Waals surface area contributed by atoms with E-state index in [0.29, 0.717) is 0 Å². The van der Waals surface area contributed by atoms with Crippen molar-refractivity contribution in [2.75, 3.05) is 5.43 Å². The Bertz CT molecular complexity index is 497. The topological polar surface area (TPSA) is 65.2 Å². The van der Waals surface area contributed by atoms with Gasteiger partial charge in [0.1, 0.15) is 6.07 Å². The molecule has 0 amide bonds. The molecule has 0 atom stereocenters. The van der Waals surface area contributed by atoms with Crippen molar-refractivity contribution in [1.29, 1.82) is 5.26 Å². The summed E-state index contributed by atoms with van der Waals surface area (Å²) >= 11 is 3.32. The molecule has 17 heavy (non-hydrogen) atoms. The third-order valence-electron chi connectivity index (χ3n) is 2.43. The average Bonchev–Trinajstić information content (AvgIpc) is 3.16. The van der Waals surface area contributed by atoms with Crippen LogP contribution in [0.5, 0.6) is 0 Å². The second kappa shape index (κ2) is 5.11. The number of nitriles is 1. The normalized spacial score (nSPS) is 15.2. The lowest BCUT2D eigenvalue weighted by Crippen LogP contribution is -2.15. The fourth-order valence-electron chi connectivity index (χ4n) is 1.32. The highest BCUT2D eigenvalue weighted by Crippen LogP contribution is 2.30. The Balaban J connectivity index is 2.05. The number of ketones is 1. The molecule has 1 aliphatic carbocycles. The van der Waals surface area contributed by atoms with Gasteiger partial charge >= 0.3 is 0 Å². The third kappa shape index (κ3) is 3.14. The van der Waals surface area contributed by atoms with E-state index in [0.717, 1.165) is 23.0 Å². The number of Topliss-reactive ketones (excluding diaryl/α,β-unsaturated/α-hetero) is 1. The largest absolute Gasteiger partial charge is 0.291 e. The number of halogens is 1. The molecule has 1 aromatic rings. The van der Waals surface area contributed by atoms with Gasteiger partial charge in [0.05, 0.1) is 5.69 Å². The van der Waals surface area contributed by atoms with Crippen LogP contribution in [0.3, 0.4) is 0 Å². The van der Waals surface area contributed by atoms with E-state index in [1.54, 1.807) is 0 Å². The van der Waals surface area contributed by atoms with Crippen LogP contribution in [0.25, 0.3) is 0 Å². The minimum atomic E-state index is -0.155. The zero-order chi connectivity index (χ0) is 12.3. The molecule has 1 aliphatic rings. The number of carbonyl (C=O) groups excluding carboxylic acids is 1. The summed E-state index contributed by atoms with van der Waals surface area (Å²) in [6, 6.07) is 9.16. The van der Waals surface area contributed by atoms with Crippen molar-refractivity contribution in [2.24, 2.45) is 11.0 Å². The summed E-state index contributed by atoms with van der Waals surface area (Å²) in [4.78, 5) is 11.6. The fraction of sp³-hybridized carbons (Fsp3) is 0.250. The Morgan fingerprint density at radius 3 is 2.59 bits per heavy atom. The molecule has 1 aromatic carbocycles. The Labute approximate surface area is 107 Å². The molecule has 0 saturated heterocycles. The quantitative estimate of drug-likeness (QED) is 0.685. The second-order valence-corrected chi connectivity index (χ2v) is 4.75. The summed E-state index contributed by atoms with van der Waals surface area (Å²) in [6.45, 7) is 0. The molecule has 1 fully saturated rings. The first-order valence-corrected chi connectivity index (χ1v) is 6.03. The Morgan fingerprint density at radius 1 is 1.41 bits per heavy atom. The summed E-state index contributed by atoms with van der Waals surface area (Å²) in [5.41, 5.74) is 3.40. The van der Waals surface area contributed by atoms with Crippen LogP contribution in [0, 0.1) is 17.2 Å². The third-order valence-corrected chi connectivity index (χ3v) is 2.96. The first-order valence-electron chi connectivity index (χ1n) is 5.24. The molecule has 0 aromatic heterocycles. The SMILES string of the molecule is N#CC(=NNc1ccc(Br)cc1)C(=O)C1CC1. The Kier molecular flexibility index (Phi) is 3.55. The predicted molar refractivity (Wildman–Crippen MR) is 68.5 cm³/mol. The van der Waals surface area contributed by atoms with Crippen molar-refractivity contribution < 1.29 is 4.79 Å². The highest BCUT2D eigenvalue weighted by Gasteiger charge is 2.32. The lowest BCUT2D eigenvalue weighted by atomic mass is 10.2. The van der Waals surface area contributed by atoms with E-state index < -0.39 is 0 Å². The van der Waals surface area contributed by atoms with Crippen molar-refractivity contribution in [1.82, 2.24) is 0 Å². The first-order chi connectivity index (χ1) is 8.20. The van der Waals surface area contributed by atoms with Crippen LogP contribution in [0.1, 0.15) is 12.8 Å². The van der Waals surface area contributed by atoms with E-state index in [1.165, 1.54) is 0 Å². The van der Waals surface area contributed by atoms with Gasteiger partial charge in [-0.3, -0.25) is 10.2 Å². The second-order valence-electron chi connectivity index (χ2n) is 3.83. The Hall–Kier alpha value is -1.67. The van der Waals surface area contributed by atoms with Gasteiger partial charge in [0.15, 0.2) is 5.78 Å². The minimum absolute atomic E-state index is 0.0140. The van der Waals surface area contributed by atoms with Crippen LogP contribution in [0.15, 0.2) is 33.8 Å². The van der Waals surface area contributed by atoms with Gasteiger partial charge in [-0.2, -0.15) is 10.4 Å². The monoisotopic (exact) mass is 291 g/mol. The van der Waals surface area contributed by atoms with Crippen LogP contribution in [-0.4, -0.2) is 11.5 Å². The van der Waals surface area contributed by atoms with Crippen LogP contribution in [-0.2, 0) is 4.79 Å².